The van der Waals surface area contributed by atoms with Crippen LogP contribution < -0.4 is 0 Å². The van der Waals surface area contributed by atoms with Gasteiger partial charge >= 0.3 is 0 Å². The summed E-state index contributed by atoms with van der Waals surface area (Å²) in [5, 5.41) is 8.22. The van der Waals surface area contributed by atoms with Crippen molar-refractivity contribution in [2.75, 3.05) is 0 Å². The van der Waals surface area contributed by atoms with E-state index in [0.29, 0.717) is 0 Å². The van der Waals surface area contributed by atoms with Crippen molar-refractivity contribution in [3.05, 3.63) is 0 Å². The lowest BCUT2D eigenvalue weighted by Gasteiger charge is -1.58. The van der Waals surface area contributed by atoms with Crippen molar-refractivity contribution < 1.29 is 0 Å². The van der Waals surface area contributed by atoms with Gasteiger partial charge in [-0.25, -0.2) is 0 Å². The number of hydrogen-bond acceptors (Lipinski definition) is 1. The van der Waals surface area contributed by atoms with Gasteiger partial charge in [0.25, 0.3) is 0 Å². The lowest BCUT2D eigenvalue weighted by atomic mass is 10.4. The second-order valence-electron chi connectivity index (χ2n) is 12.8. The van der Waals surface area contributed by atoms with Crippen LogP contribution in [-0.4, -0.2) is 0 Å². The topological polar surface area (TPSA) is 23.8 Å². The lowest BCUT2D eigenvalue weighted by molar-refractivity contribution is 1.55. The number of nitrogens with zero attached hydrogens (tertiary/aromatic N) is 1. The Hall–Kier alpha value is -22.9. The van der Waals surface area contributed by atoms with Crippen molar-refractivity contribution in [1.29, 1.82) is 5.26 Å². The minimum Gasteiger partial charge on any atom is -0.183 e. The van der Waals surface area contributed by atoms with Gasteiger partial charge in [0, 0.05) is 551 Å². The van der Waals surface area contributed by atoms with Crippen LogP contribution in [-0.2, 0) is 0 Å². The van der Waals surface area contributed by atoms with Gasteiger partial charge in [-0.15, -0.1) is 6.42 Å². The summed E-state index contributed by atoms with van der Waals surface area (Å²) in [5.74, 6) is 250. The lowest BCUT2D eigenvalue weighted by Crippen LogP contribution is -1.57. The van der Waals surface area contributed by atoms with E-state index in [1.807, 2.05) is 0 Å². The molecular weight excluding hydrogens is 1250 g/mol. The Labute approximate surface area is 611 Å². The van der Waals surface area contributed by atoms with Crippen LogP contribution in [0.3, 0.4) is 0 Å². The average molecular weight is 1250 g/mol. The number of terminal acetylenes is 1. The van der Waals surface area contributed by atoms with Gasteiger partial charge in [0.2, 0.25) is 0 Å². The van der Waals surface area contributed by atoms with E-state index in [0.717, 1.165) is 0 Å². The summed E-state index contributed by atoms with van der Waals surface area (Å²) < 4.78 is 0. The van der Waals surface area contributed by atoms with Crippen LogP contribution in [0, 0.1) is 616 Å². The molecule has 0 saturated heterocycles. The Bertz CT molecular complexity index is 6980. The summed E-state index contributed by atoms with van der Waals surface area (Å²) in [6, 6.07) is 1.62. The Morgan fingerprint density at radius 3 is 0.173 bits per heavy atom. The van der Waals surface area contributed by atoms with Crippen LogP contribution in [0.25, 0.3) is 0 Å². The molecule has 0 N–H and O–H groups in total. The Kier molecular flexibility index (Phi) is 62.4. The quantitative estimate of drug-likeness (QED) is 0.322. The fourth-order valence-electron chi connectivity index (χ4n) is 3.13. The van der Waals surface area contributed by atoms with Crippen LogP contribution in [0.2, 0.25) is 0 Å². The first-order chi connectivity index (χ1) is 51.9. The molecule has 0 bridgehead atoms. The van der Waals surface area contributed by atoms with Crippen molar-refractivity contribution >= 4 is 0 Å². The maximum Gasteiger partial charge on any atom is 0.153 e. The van der Waals surface area contributed by atoms with E-state index in [2.05, 4.69) is 598 Å². The first-order valence-corrected chi connectivity index (χ1v) is 25.8. The summed E-state index contributed by atoms with van der Waals surface area (Å²) in [4.78, 5) is 0. The maximum atomic E-state index is 8.22. The van der Waals surface area contributed by atoms with E-state index >= 15 is 0 Å². The highest BCUT2D eigenvalue weighted by Crippen LogP contribution is 1.68. The number of rotatable bonds is 0. The molecule has 104 heavy (non-hydrogen) atoms. The molecule has 0 unspecified atom stereocenters. The molecule has 0 aliphatic carbocycles. The molecule has 0 heterocycles. The first-order valence-electron chi connectivity index (χ1n) is 25.8. The van der Waals surface area contributed by atoms with Crippen molar-refractivity contribution in [2.45, 2.75) is 0 Å². The third-order valence-corrected chi connectivity index (χ3v) is 6.32. The highest BCUT2D eigenvalue weighted by atomic mass is 14.2. The van der Waals surface area contributed by atoms with Crippen LogP contribution in [0.5, 0.6) is 0 Å². The highest BCUT2D eigenvalue weighted by Gasteiger charge is 1.67. The smallest absolute Gasteiger partial charge is 0.153 e. The van der Waals surface area contributed by atoms with E-state index in [1.165, 1.54) is 0 Å². The predicted octanol–water partition coefficient (Wildman–Crippen LogP) is 0.313. The minimum absolute atomic E-state index is 1.62. The SMILES string of the molecule is C#CC#CC#CC#CC#CC#CC#CC#CC#CC#CC#CC#CC#CC#CC#CC#CC#CC#CC#CC#CC#CC#CC#CC#CC#CC#CC#CC#CC#CC#CC#CC#CC#CC#CC#CC#CC#CC#CC#CC#CC#CC#CC#CC#CC#CC#CC#CC#CC#CC#CC#CC#N. The second kappa shape index (κ2) is 80.1. The van der Waals surface area contributed by atoms with Gasteiger partial charge in [0.05, 0.1) is 0 Å². The molecule has 0 amide bonds. The summed E-state index contributed by atoms with van der Waals surface area (Å²) >= 11 is 0. The molecule has 0 fully saturated rings. The molecule has 0 radical (unpaired) electrons. The van der Waals surface area contributed by atoms with Gasteiger partial charge in [0.1, 0.15) is 0 Å². The largest absolute Gasteiger partial charge is 0.183 e. The maximum absolute atomic E-state index is 8.22. The molecule has 0 aromatic rings. The van der Waals surface area contributed by atoms with Crippen molar-refractivity contribution in [1.82, 2.24) is 0 Å². The Morgan fingerprint density at radius 2 is 0.125 bits per heavy atom. The zero-order valence-corrected chi connectivity index (χ0v) is 52.0. The third kappa shape index (κ3) is 79.1. The van der Waals surface area contributed by atoms with E-state index in [4.69, 9.17) is 11.7 Å². The van der Waals surface area contributed by atoms with Gasteiger partial charge in [-0.05, 0) is 47.4 Å². The number of nitriles is 1. The Balaban J connectivity index is 4.64. The second-order valence-corrected chi connectivity index (χ2v) is 12.8. The summed E-state index contributed by atoms with van der Waals surface area (Å²) in [6.45, 7) is 0. The highest BCUT2D eigenvalue weighted by molar-refractivity contribution is 5.56. The van der Waals surface area contributed by atoms with E-state index in [-0.39, 0.29) is 0 Å². The van der Waals surface area contributed by atoms with Crippen LogP contribution in [0.1, 0.15) is 0 Å². The molecule has 0 spiro atoms. The fourth-order valence-corrected chi connectivity index (χ4v) is 3.13. The molecule has 0 aromatic heterocycles. The molecule has 1 heteroatoms. The molecule has 0 aliphatic heterocycles. The molecular formula is C103HN. The normalized spacial score (nSPS) is 3.94. The van der Waals surface area contributed by atoms with Crippen molar-refractivity contribution in [3.63, 3.8) is 0 Å². The summed E-state index contributed by atoms with van der Waals surface area (Å²) in [5.41, 5.74) is 0. The Morgan fingerprint density at radius 1 is 0.0769 bits per heavy atom. The van der Waals surface area contributed by atoms with Gasteiger partial charge in [-0.3, -0.25) is 0 Å². The van der Waals surface area contributed by atoms with Gasteiger partial charge < -0.3 is 0 Å². The van der Waals surface area contributed by atoms with E-state index in [1.54, 1.807) is 6.07 Å². The molecule has 0 aromatic carbocycles. The van der Waals surface area contributed by atoms with Gasteiger partial charge in [-0.1, -0.05) is 0 Å². The minimum atomic E-state index is 1.62. The van der Waals surface area contributed by atoms with E-state index < -0.39 is 0 Å². The third-order valence-electron chi connectivity index (χ3n) is 6.32. The molecule has 418 valence electrons. The average Bonchev–Trinajstić information content (AvgIpc) is 3.68. The summed E-state index contributed by atoms with van der Waals surface area (Å²) in [7, 11) is 0. The predicted molar refractivity (Wildman–Crippen MR) is 403 cm³/mol. The van der Waals surface area contributed by atoms with Gasteiger partial charge in [-0.2, -0.15) is 5.26 Å². The zero-order valence-electron chi connectivity index (χ0n) is 52.0. The summed E-state index contributed by atoms with van der Waals surface area (Å²) in [6.07, 6.45) is 4.95. The monoisotopic (exact) mass is 1250 g/mol. The van der Waals surface area contributed by atoms with Crippen molar-refractivity contribution in [2.24, 2.45) is 0 Å². The standard InChI is InChI=1S/C103HN/c1-2-3-4-5-6-7-8-9-10-11-12-13-14-15-16-17-18-19-20-21-22-23-24-25-26-27-28-29-30-31-32-33-34-35-36-37-38-39-40-41-42-43-44-45-46-47-48-49-50-51-52-53-54-55-56-57-58-59-60-61-62-63-64-65-66-67-68-69-70-71-72-73-74-75-76-77-78-79-80-81-82-83-84-85-86-87-88-89-90-91-92-93-94-95-96-97-98-99-100-101-102-103-104/h1H. The van der Waals surface area contributed by atoms with E-state index in [9.17, 15) is 0 Å². The first kappa shape index (κ1) is 81.1. The number of hydrogen-bond donors (Lipinski definition) is 0. The van der Waals surface area contributed by atoms with Crippen LogP contribution in [0.4, 0.5) is 0 Å². The van der Waals surface area contributed by atoms with Crippen LogP contribution >= 0.6 is 0 Å². The molecule has 0 rings (SSSR count). The van der Waals surface area contributed by atoms with Crippen LogP contribution in [0.15, 0.2) is 0 Å². The molecule has 0 aliphatic rings. The fraction of sp³-hybridized carbons (Fsp3) is 0. The van der Waals surface area contributed by atoms with Gasteiger partial charge in [0.15, 0.2) is 6.07 Å². The molecule has 1 nitrogen and oxygen atoms in total. The van der Waals surface area contributed by atoms with Crippen molar-refractivity contribution in [3.8, 4) is 610 Å². The molecule has 0 atom stereocenters. The zero-order chi connectivity index (χ0) is 74.1. The molecule has 0 saturated carbocycles.